The number of carbonyl (C=O) groups excluding carboxylic acids is 1. The van der Waals surface area contributed by atoms with Crippen LogP contribution in [-0.4, -0.2) is 26.6 Å². The molecular weight excluding hydrogens is 350 g/mol. The fraction of sp³-hybridized carbons (Fsp3) is 0.263. The molecule has 1 aliphatic heterocycles. The van der Waals surface area contributed by atoms with Crippen LogP contribution in [0.4, 0.5) is 11.4 Å². The average Bonchev–Trinajstić information content (AvgIpc) is 2.66. The zero-order chi connectivity index (χ0) is 18.6. The summed E-state index contributed by atoms with van der Waals surface area (Å²) in [7, 11) is -3.57. The fourth-order valence-corrected chi connectivity index (χ4v) is 4.52. The van der Waals surface area contributed by atoms with E-state index in [4.69, 9.17) is 5.26 Å². The van der Waals surface area contributed by atoms with Crippen LogP contribution >= 0.6 is 0 Å². The van der Waals surface area contributed by atoms with E-state index in [0.717, 1.165) is 18.4 Å². The summed E-state index contributed by atoms with van der Waals surface area (Å²) in [6, 6.07) is 15.9. The van der Waals surface area contributed by atoms with Gasteiger partial charge in [-0.3, -0.25) is 9.10 Å². The highest BCUT2D eigenvalue weighted by Gasteiger charge is 2.27. The molecule has 0 fully saturated rings. The number of nitrogens with one attached hydrogen (secondary N) is 1. The van der Waals surface area contributed by atoms with Crippen LogP contribution in [0.5, 0.6) is 0 Å². The van der Waals surface area contributed by atoms with Gasteiger partial charge in [0.05, 0.1) is 23.1 Å². The predicted octanol–water partition coefficient (Wildman–Crippen LogP) is 2.67. The maximum Gasteiger partial charge on any atom is 0.235 e. The molecule has 0 saturated carbocycles. The second-order valence-corrected chi connectivity index (χ2v) is 8.12. The van der Waals surface area contributed by atoms with Crippen LogP contribution < -0.4 is 9.62 Å². The molecule has 7 heteroatoms. The maximum atomic E-state index is 12.7. The topological polar surface area (TPSA) is 90.3 Å². The molecule has 6 nitrogen and oxygen atoms in total. The van der Waals surface area contributed by atoms with E-state index in [0.29, 0.717) is 23.5 Å². The monoisotopic (exact) mass is 369 g/mol. The fourth-order valence-electron chi connectivity index (χ4n) is 2.97. The van der Waals surface area contributed by atoms with Crippen molar-refractivity contribution >= 4 is 27.3 Å². The van der Waals surface area contributed by atoms with E-state index in [9.17, 15) is 13.2 Å². The number of aryl methyl sites for hydroxylation is 1. The smallest absolute Gasteiger partial charge is 0.235 e. The van der Waals surface area contributed by atoms with Gasteiger partial charge in [-0.1, -0.05) is 18.2 Å². The summed E-state index contributed by atoms with van der Waals surface area (Å²) >= 11 is 0. The van der Waals surface area contributed by atoms with E-state index in [-0.39, 0.29) is 18.1 Å². The standard InChI is InChI=1S/C19H19N3O3S/c20-14-15-7-9-17(10-8-15)21-19(23)11-13-26(24,25)22-12-3-5-16-4-1-2-6-18(16)22/h1-2,4,6-10H,3,5,11-13H2,(H,21,23). The number of hydrogen-bond donors (Lipinski definition) is 1. The van der Waals surface area contributed by atoms with Crippen molar-refractivity contribution in [2.24, 2.45) is 0 Å². The van der Waals surface area contributed by atoms with Crippen LogP contribution in [0.2, 0.25) is 0 Å². The maximum absolute atomic E-state index is 12.7. The quantitative estimate of drug-likeness (QED) is 0.877. The van der Waals surface area contributed by atoms with Crippen LogP contribution in [0, 0.1) is 11.3 Å². The number of amides is 1. The molecule has 1 amide bonds. The van der Waals surface area contributed by atoms with Crippen LogP contribution in [0.25, 0.3) is 0 Å². The van der Waals surface area contributed by atoms with Gasteiger partial charge in [-0.25, -0.2) is 8.42 Å². The Bertz CT molecular complexity index is 947. The van der Waals surface area contributed by atoms with Gasteiger partial charge in [0, 0.05) is 18.7 Å². The third-order valence-corrected chi connectivity index (χ3v) is 6.06. The molecule has 3 rings (SSSR count). The third kappa shape index (κ3) is 4.03. The zero-order valence-corrected chi connectivity index (χ0v) is 15.0. The number of hydrogen-bond acceptors (Lipinski definition) is 4. The minimum Gasteiger partial charge on any atom is -0.326 e. The summed E-state index contributed by atoms with van der Waals surface area (Å²) in [5, 5.41) is 11.4. The molecule has 2 aromatic carbocycles. The van der Waals surface area contributed by atoms with Crippen molar-refractivity contribution in [2.75, 3.05) is 21.9 Å². The molecule has 2 aromatic rings. The van der Waals surface area contributed by atoms with Crippen molar-refractivity contribution in [1.29, 1.82) is 5.26 Å². The van der Waals surface area contributed by atoms with E-state index in [1.54, 1.807) is 24.3 Å². The number of benzene rings is 2. The van der Waals surface area contributed by atoms with Gasteiger partial charge in [0.25, 0.3) is 0 Å². The third-order valence-electron chi connectivity index (χ3n) is 4.29. The molecule has 26 heavy (non-hydrogen) atoms. The summed E-state index contributed by atoms with van der Waals surface area (Å²) < 4.78 is 26.8. The number of carbonyl (C=O) groups is 1. The molecule has 0 bridgehead atoms. The van der Waals surface area contributed by atoms with Gasteiger partial charge >= 0.3 is 0 Å². The molecule has 0 spiro atoms. The highest BCUT2D eigenvalue weighted by atomic mass is 32.2. The number of nitrogens with zero attached hydrogens (tertiary/aromatic N) is 2. The lowest BCUT2D eigenvalue weighted by Crippen LogP contribution is -2.37. The lowest BCUT2D eigenvalue weighted by molar-refractivity contribution is -0.115. The zero-order valence-electron chi connectivity index (χ0n) is 14.2. The van der Waals surface area contributed by atoms with Gasteiger partial charge in [-0.05, 0) is 48.7 Å². The number of nitriles is 1. The molecular formula is C19H19N3O3S. The minimum absolute atomic E-state index is 0.124. The van der Waals surface area contributed by atoms with Gasteiger partial charge in [0.2, 0.25) is 15.9 Å². The van der Waals surface area contributed by atoms with Crippen LogP contribution in [0.1, 0.15) is 24.0 Å². The normalized spacial score (nSPS) is 13.6. The second-order valence-electron chi connectivity index (χ2n) is 6.11. The molecule has 0 aliphatic carbocycles. The summed E-state index contributed by atoms with van der Waals surface area (Å²) in [5.74, 6) is -0.618. The Morgan fingerprint density at radius 3 is 2.62 bits per heavy atom. The van der Waals surface area contributed by atoms with Crippen molar-refractivity contribution < 1.29 is 13.2 Å². The summed E-state index contributed by atoms with van der Waals surface area (Å²) in [6.07, 6.45) is 1.51. The van der Waals surface area contributed by atoms with Crippen molar-refractivity contribution in [3.05, 3.63) is 59.7 Å². The van der Waals surface area contributed by atoms with Gasteiger partial charge < -0.3 is 5.32 Å². The van der Waals surface area contributed by atoms with E-state index in [1.807, 2.05) is 30.3 Å². The SMILES string of the molecule is N#Cc1ccc(NC(=O)CCS(=O)(=O)N2CCCc3ccccc32)cc1. The van der Waals surface area contributed by atoms with Crippen molar-refractivity contribution in [1.82, 2.24) is 0 Å². The molecule has 1 N–H and O–H groups in total. The van der Waals surface area contributed by atoms with Crippen molar-refractivity contribution in [3.63, 3.8) is 0 Å². The minimum atomic E-state index is -3.57. The largest absolute Gasteiger partial charge is 0.326 e. The molecule has 0 aromatic heterocycles. The number of rotatable bonds is 5. The van der Waals surface area contributed by atoms with E-state index >= 15 is 0 Å². The van der Waals surface area contributed by atoms with E-state index < -0.39 is 10.0 Å². The van der Waals surface area contributed by atoms with Gasteiger partial charge in [-0.15, -0.1) is 0 Å². The summed E-state index contributed by atoms with van der Waals surface area (Å²) in [6.45, 7) is 0.441. The van der Waals surface area contributed by atoms with Crippen molar-refractivity contribution in [2.45, 2.75) is 19.3 Å². The Hall–Kier alpha value is -2.85. The highest BCUT2D eigenvalue weighted by Crippen LogP contribution is 2.29. The molecule has 134 valence electrons. The number of anilines is 2. The second kappa shape index (κ2) is 7.58. The summed E-state index contributed by atoms with van der Waals surface area (Å²) in [5.41, 5.74) is 2.76. The Labute approximate surface area is 153 Å². The van der Waals surface area contributed by atoms with Crippen LogP contribution in [0.15, 0.2) is 48.5 Å². The molecule has 0 atom stereocenters. The number of para-hydroxylation sites is 1. The first kappa shape index (κ1) is 18.0. The predicted molar refractivity (Wildman–Crippen MR) is 100 cm³/mol. The Kier molecular flexibility index (Phi) is 5.24. The van der Waals surface area contributed by atoms with E-state index in [1.165, 1.54) is 4.31 Å². The van der Waals surface area contributed by atoms with Crippen LogP contribution in [-0.2, 0) is 21.2 Å². The number of sulfonamides is 1. The molecule has 1 aliphatic rings. The van der Waals surface area contributed by atoms with E-state index in [2.05, 4.69) is 5.32 Å². The molecule has 0 saturated heterocycles. The van der Waals surface area contributed by atoms with Crippen molar-refractivity contribution in [3.8, 4) is 6.07 Å². The average molecular weight is 369 g/mol. The lowest BCUT2D eigenvalue weighted by Gasteiger charge is -2.30. The highest BCUT2D eigenvalue weighted by molar-refractivity contribution is 7.92. The first-order chi connectivity index (χ1) is 12.5. The van der Waals surface area contributed by atoms with Crippen LogP contribution in [0.3, 0.4) is 0 Å². The molecule has 1 heterocycles. The Balaban J connectivity index is 1.63. The first-order valence-corrected chi connectivity index (χ1v) is 9.99. The molecule has 0 unspecified atom stereocenters. The summed E-state index contributed by atoms with van der Waals surface area (Å²) in [4.78, 5) is 12.1. The van der Waals surface area contributed by atoms with Gasteiger partial charge in [-0.2, -0.15) is 5.26 Å². The lowest BCUT2D eigenvalue weighted by atomic mass is 10.0. The van der Waals surface area contributed by atoms with Gasteiger partial charge in [0.1, 0.15) is 0 Å². The Morgan fingerprint density at radius 1 is 1.15 bits per heavy atom. The van der Waals surface area contributed by atoms with Gasteiger partial charge in [0.15, 0.2) is 0 Å². The molecule has 0 radical (unpaired) electrons. The Morgan fingerprint density at radius 2 is 1.88 bits per heavy atom. The number of fused-ring (bicyclic) bond motifs is 1. The first-order valence-electron chi connectivity index (χ1n) is 8.38.